The van der Waals surface area contributed by atoms with Gasteiger partial charge in [0.25, 0.3) is 5.91 Å². The summed E-state index contributed by atoms with van der Waals surface area (Å²) in [5.41, 5.74) is 2.79. The summed E-state index contributed by atoms with van der Waals surface area (Å²) in [7, 11) is 0. The molecule has 4 rings (SSSR count). The summed E-state index contributed by atoms with van der Waals surface area (Å²) < 4.78 is 1.71. The summed E-state index contributed by atoms with van der Waals surface area (Å²) in [5.74, 6) is 1.61. The van der Waals surface area contributed by atoms with Crippen LogP contribution in [0.1, 0.15) is 21.6 Å². The number of carbonyl (C=O) groups is 1. The van der Waals surface area contributed by atoms with Crippen LogP contribution in [-0.2, 0) is 0 Å². The molecule has 1 saturated heterocycles. The first kappa shape index (κ1) is 17.2. The minimum absolute atomic E-state index is 0.0915. The fourth-order valence-electron chi connectivity index (χ4n) is 3.25. The molecule has 27 heavy (non-hydrogen) atoms. The third-order valence-corrected chi connectivity index (χ3v) is 4.75. The summed E-state index contributed by atoms with van der Waals surface area (Å²) in [5, 5.41) is 13.0. The molecule has 1 aromatic carbocycles. The lowest BCUT2D eigenvalue weighted by Crippen LogP contribution is -2.49. The van der Waals surface area contributed by atoms with Gasteiger partial charge >= 0.3 is 0 Å². The summed E-state index contributed by atoms with van der Waals surface area (Å²) in [6.45, 7) is 6.78. The van der Waals surface area contributed by atoms with E-state index in [2.05, 4.69) is 20.2 Å². The molecule has 0 N–H and O–H groups in total. The number of piperazine rings is 1. The van der Waals surface area contributed by atoms with Gasteiger partial charge in [0.15, 0.2) is 11.6 Å². The standard InChI is InChI=1S/C20H22N6O/c1-15-4-3-5-17(14-15)20(27)25-12-10-24(11-13-25)18-6-7-19(22-21-18)26-9-8-16(2)23-26/h3-9,14H,10-13H2,1-2H3. The molecule has 7 nitrogen and oxygen atoms in total. The Morgan fingerprint density at radius 1 is 0.926 bits per heavy atom. The lowest BCUT2D eigenvalue weighted by Gasteiger charge is -2.35. The molecule has 0 unspecified atom stereocenters. The van der Waals surface area contributed by atoms with Crippen LogP contribution in [0.25, 0.3) is 5.82 Å². The number of rotatable bonds is 3. The van der Waals surface area contributed by atoms with E-state index in [4.69, 9.17) is 0 Å². The first-order valence-electron chi connectivity index (χ1n) is 9.07. The molecule has 1 fully saturated rings. The van der Waals surface area contributed by atoms with Gasteiger partial charge in [-0.25, -0.2) is 4.68 Å². The Morgan fingerprint density at radius 2 is 1.67 bits per heavy atom. The van der Waals surface area contributed by atoms with Crippen molar-refractivity contribution in [3.05, 3.63) is 65.5 Å². The fourth-order valence-corrected chi connectivity index (χ4v) is 3.25. The lowest BCUT2D eigenvalue weighted by molar-refractivity contribution is 0.0746. The highest BCUT2D eigenvalue weighted by molar-refractivity contribution is 5.94. The number of aromatic nitrogens is 4. The number of nitrogens with zero attached hydrogens (tertiary/aromatic N) is 6. The summed E-state index contributed by atoms with van der Waals surface area (Å²) in [6.07, 6.45) is 1.87. The fraction of sp³-hybridized carbons (Fsp3) is 0.300. The zero-order chi connectivity index (χ0) is 18.8. The van der Waals surface area contributed by atoms with Gasteiger partial charge in [0.1, 0.15) is 0 Å². The van der Waals surface area contributed by atoms with E-state index in [0.29, 0.717) is 18.9 Å². The van der Waals surface area contributed by atoms with Gasteiger partial charge in [0, 0.05) is 37.9 Å². The van der Waals surface area contributed by atoms with Crippen LogP contribution >= 0.6 is 0 Å². The third kappa shape index (κ3) is 3.67. The molecule has 0 aliphatic carbocycles. The number of hydrogen-bond donors (Lipinski definition) is 0. The minimum Gasteiger partial charge on any atom is -0.352 e. The smallest absolute Gasteiger partial charge is 0.253 e. The van der Waals surface area contributed by atoms with Crippen LogP contribution in [0.4, 0.5) is 5.82 Å². The normalized spacial score (nSPS) is 14.4. The van der Waals surface area contributed by atoms with E-state index in [1.807, 2.05) is 67.4 Å². The van der Waals surface area contributed by atoms with E-state index in [1.54, 1.807) is 4.68 Å². The maximum Gasteiger partial charge on any atom is 0.253 e. The number of carbonyl (C=O) groups excluding carboxylic acids is 1. The van der Waals surface area contributed by atoms with Crippen molar-refractivity contribution in [1.29, 1.82) is 0 Å². The number of aryl methyl sites for hydroxylation is 2. The third-order valence-electron chi connectivity index (χ3n) is 4.75. The molecule has 1 aliphatic heterocycles. The van der Waals surface area contributed by atoms with E-state index in [-0.39, 0.29) is 5.91 Å². The molecule has 138 valence electrons. The molecule has 0 atom stereocenters. The molecule has 0 radical (unpaired) electrons. The molecule has 1 aliphatic rings. The molecular formula is C20H22N6O. The molecular weight excluding hydrogens is 340 g/mol. The monoisotopic (exact) mass is 362 g/mol. The van der Waals surface area contributed by atoms with Crippen LogP contribution in [0, 0.1) is 13.8 Å². The van der Waals surface area contributed by atoms with Crippen molar-refractivity contribution in [1.82, 2.24) is 24.9 Å². The van der Waals surface area contributed by atoms with Gasteiger partial charge < -0.3 is 9.80 Å². The van der Waals surface area contributed by atoms with Crippen molar-refractivity contribution in [2.24, 2.45) is 0 Å². The van der Waals surface area contributed by atoms with Gasteiger partial charge in [-0.1, -0.05) is 17.7 Å². The van der Waals surface area contributed by atoms with Crippen LogP contribution in [0.3, 0.4) is 0 Å². The number of amides is 1. The van der Waals surface area contributed by atoms with Crippen molar-refractivity contribution >= 4 is 11.7 Å². The molecule has 7 heteroatoms. The molecule has 3 aromatic rings. The van der Waals surface area contributed by atoms with E-state index in [9.17, 15) is 4.79 Å². The average Bonchev–Trinajstić information content (AvgIpc) is 3.14. The van der Waals surface area contributed by atoms with Crippen molar-refractivity contribution < 1.29 is 4.79 Å². The predicted molar refractivity (Wildman–Crippen MR) is 103 cm³/mol. The van der Waals surface area contributed by atoms with Crippen LogP contribution in [0.2, 0.25) is 0 Å². The highest BCUT2D eigenvalue weighted by Gasteiger charge is 2.23. The SMILES string of the molecule is Cc1cccc(C(=O)N2CCN(c3ccc(-n4ccc(C)n4)nn3)CC2)c1. The first-order valence-corrected chi connectivity index (χ1v) is 9.07. The highest BCUT2D eigenvalue weighted by Crippen LogP contribution is 2.16. The Bertz CT molecular complexity index is 941. The predicted octanol–water partition coefficient (Wildman–Crippen LogP) is 2.24. The first-order chi connectivity index (χ1) is 13.1. The second-order valence-electron chi connectivity index (χ2n) is 6.80. The summed E-state index contributed by atoms with van der Waals surface area (Å²) in [6, 6.07) is 13.5. The van der Waals surface area contributed by atoms with Crippen LogP contribution in [0.15, 0.2) is 48.7 Å². The minimum atomic E-state index is 0.0915. The Kier molecular flexibility index (Phi) is 4.58. The van der Waals surface area contributed by atoms with Crippen molar-refractivity contribution in [2.45, 2.75) is 13.8 Å². The van der Waals surface area contributed by atoms with Crippen molar-refractivity contribution in [3.8, 4) is 5.82 Å². The molecule has 0 spiro atoms. The van der Waals surface area contributed by atoms with Crippen molar-refractivity contribution in [3.63, 3.8) is 0 Å². The maximum absolute atomic E-state index is 12.7. The van der Waals surface area contributed by atoms with Crippen LogP contribution in [-0.4, -0.2) is 57.0 Å². The van der Waals surface area contributed by atoms with E-state index >= 15 is 0 Å². The Labute approximate surface area is 158 Å². The Hall–Kier alpha value is -3.22. The average molecular weight is 362 g/mol. The quantitative estimate of drug-likeness (QED) is 0.715. The maximum atomic E-state index is 12.7. The van der Waals surface area contributed by atoms with Gasteiger partial charge in [-0.3, -0.25) is 4.79 Å². The van der Waals surface area contributed by atoms with Gasteiger partial charge in [-0.05, 0) is 44.2 Å². The zero-order valence-electron chi connectivity index (χ0n) is 15.5. The Balaban J connectivity index is 1.39. The molecule has 3 heterocycles. The van der Waals surface area contributed by atoms with Crippen LogP contribution in [0.5, 0.6) is 0 Å². The molecule has 0 saturated carbocycles. The number of benzene rings is 1. The van der Waals surface area contributed by atoms with Crippen molar-refractivity contribution in [2.75, 3.05) is 31.1 Å². The Morgan fingerprint density at radius 3 is 2.30 bits per heavy atom. The lowest BCUT2D eigenvalue weighted by atomic mass is 10.1. The topological polar surface area (TPSA) is 67.2 Å². The van der Waals surface area contributed by atoms with Crippen LogP contribution < -0.4 is 4.90 Å². The summed E-state index contributed by atoms with van der Waals surface area (Å²) >= 11 is 0. The van der Waals surface area contributed by atoms with E-state index < -0.39 is 0 Å². The summed E-state index contributed by atoms with van der Waals surface area (Å²) in [4.78, 5) is 16.7. The van der Waals surface area contributed by atoms with Gasteiger partial charge in [-0.2, -0.15) is 5.10 Å². The van der Waals surface area contributed by atoms with E-state index in [0.717, 1.165) is 35.7 Å². The largest absolute Gasteiger partial charge is 0.352 e. The molecule has 2 aromatic heterocycles. The molecule has 0 bridgehead atoms. The van der Waals surface area contributed by atoms with Gasteiger partial charge in [0.2, 0.25) is 0 Å². The van der Waals surface area contributed by atoms with E-state index in [1.165, 1.54) is 0 Å². The number of anilines is 1. The highest BCUT2D eigenvalue weighted by atomic mass is 16.2. The second-order valence-corrected chi connectivity index (χ2v) is 6.80. The van der Waals surface area contributed by atoms with Gasteiger partial charge in [-0.15, -0.1) is 10.2 Å². The zero-order valence-corrected chi connectivity index (χ0v) is 15.5. The van der Waals surface area contributed by atoms with Gasteiger partial charge in [0.05, 0.1) is 5.69 Å². The molecule has 1 amide bonds. The second kappa shape index (κ2) is 7.19. The number of hydrogen-bond acceptors (Lipinski definition) is 5.